The van der Waals surface area contributed by atoms with Crippen LogP contribution in [0.4, 0.5) is 0 Å². The summed E-state index contributed by atoms with van der Waals surface area (Å²) < 4.78 is 0. The molecule has 0 amide bonds. The Labute approximate surface area is 311 Å². The minimum atomic E-state index is -0.0211. The molecule has 46 heavy (non-hydrogen) atoms. The summed E-state index contributed by atoms with van der Waals surface area (Å²) in [6, 6.07) is 31.0. The van der Waals surface area contributed by atoms with Crippen molar-refractivity contribution in [3.8, 4) is 33.4 Å². The fraction of sp³-hybridized carbons (Fsp3) is 0.326. The smallest absolute Gasteiger partial charge is 1.00 e. The van der Waals surface area contributed by atoms with Gasteiger partial charge in [0, 0.05) is 5.92 Å². The molecule has 4 aromatic carbocycles. The molecule has 0 saturated heterocycles. The van der Waals surface area contributed by atoms with Gasteiger partial charge in [0.15, 0.2) is 0 Å². The van der Waals surface area contributed by atoms with Gasteiger partial charge in [-0.15, -0.1) is 28.8 Å². The maximum absolute atomic E-state index is 4.00. The zero-order valence-corrected chi connectivity index (χ0v) is 32.8. The Hall–Kier alpha value is -2.18. The Bertz CT molecular complexity index is 1680. The van der Waals surface area contributed by atoms with Crippen LogP contribution >= 0.6 is 0 Å². The maximum Gasteiger partial charge on any atom is 4.00 e. The first-order valence-electron chi connectivity index (χ1n) is 15.9. The molecule has 0 fully saturated rings. The van der Waals surface area contributed by atoms with Crippen LogP contribution < -0.4 is 24.8 Å². The van der Waals surface area contributed by atoms with Gasteiger partial charge in [0.1, 0.15) is 0 Å². The summed E-state index contributed by atoms with van der Waals surface area (Å²) in [7, 11) is 0. The first kappa shape index (κ1) is 40.0. The molecule has 0 bridgehead atoms. The second kappa shape index (κ2) is 15.8. The first-order chi connectivity index (χ1) is 20.1. The standard InChI is InChI=1S/C42H45.CH3.2ClH.Zr/c1-8-9-16-28-21-22-31(23-28)39-38-33(26-36(40(39)42(5,6)7)30-19-14-11-15-20-30)24-32-25-34(29-17-12-10-13-18-29)37(27-35(32)38)41(2,3)4;;;;/h10-15,17-23,26-27,31H,8-9,16,24H2,1-7H3;1H3;2*1H;/q2*-1;;;+4/p-2. The second-order valence-corrected chi connectivity index (χ2v) is 14.3. The Morgan fingerprint density at radius 3 is 1.96 bits per heavy atom. The number of hydrogen-bond acceptors (Lipinski definition) is 0. The molecule has 0 N–H and O–H groups in total. The molecule has 0 radical (unpaired) electrons. The monoisotopic (exact) mass is 724 g/mol. The average molecular weight is 727 g/mol. The maximum atomic E-state index is 4.00. The molecule has 4 aromatic rings. The van der Waals surface area contributed by atoms with Crippen molar-refractivity contribution in [2.75, 3.05) is 0 Å². The van der Waals surface area contributed by atoms with E-state index in [2.05, 4.69) is 146 Å². The molecule has 3 heteroatoms. The van der Waals surface area contributed by atoms with Crippen LogP contribution in [-0.2, 0) is 43.5 Å². The quantitative estimate of drug-likeness (QED) is 0.183. The summed E-state index contributed by atoms with van der Waals surface area (Å²) in [4.78, 5) is 0. The summed E-state index contributed by atoms with van der Waals surface area (Å²) in [5, 5.41) is 0. The summed E-state index contributed by atoms with van der Waals surface area (Å²) >= 11 is 0. The van der Waals surface area contributed by atoms with Crippen LogP contribution in [0.2, 0.25) is 0 Å². The summed E-state index contributed by atoms with van der Waals surface area (Å²) in [5.41, 5.74) is 16.6. The molecule has 0 heterocycles. The molecule has 1 unspecified atom stereocenters. The Kier molecular flexibility index (Phi) is 13.8. The van der Waals surface area contributed by atoms with Gasteiger partial charge in [-0.3, -0.25) is 0 Å². The summed E-state index contributed by atoms with van der Waals surface area (Å²) in [6.07, 6.45) is 12.0. The van der Waals surface area contributed by atoms with E-state index in [-0.39, 0.29) is 75.2 Å². The molecule has 0 aromatic heterocycles. The average Bonchev–Trinajstić information content (AvgIpc) is 3.58. The summed E-state index contributed by atoms with van der Waals surface area (Å²) in [5.74, 6) is 0.279. The van der Waals surface area contributed by atoms with E-state index in [0.717, 1.165) is 12.8 Å². The van der Waals surface area contributed by atoms with Crippen LogP contribution in [0.3, 0.4) is 0 Å². The first-order valence-corrected chi connectivity index (χ1v) is 15.9. The van der Waals surface area contributed by atoms with E-state index in [1.165, 1.54) is 79.6 Å². The van der Waals surface area contributed by atoms with E-state index in [9.17, 15) is 0 Å². The molecule has 0 aliphatic heterocycles. The zero-order chi connectivity index (χ0) is 29.6. The fourth-order valence-corrected chi connectivity index (χ4v) is 7.07. The largest absolute Gasteiger partial charge is 4.00 e. The van der Waals surface area contributed by atoms with E-state index in [0.29, 0.717) is 0 Å². The number of rotatable bonds is 6. The third-order valence-electron chi connectivity index (χ3n) is 9.01. The van der Waals surface area contributed by atoms with Crippen molar-refractivity contribution in [1.82, 2.24) is 0 Å². The van der Waals surface area contributed by atoms with Gasteiger partial charge >= 0.3 is 26.2 Å². The van der Waals surface area contributed by atoms with Crippen LogP contribution in [-0.4, -0.2) is 0 Å². The molecule has 2 aliphatic carbocycles. The van der Waals surface area contributed by atoms with Gasteiger partial charge in [0.2, 0.25) is 0 Å². The molecule has 0 nitrogen and oxygen atoms in total. The van der Waals surface area contributed by atoms with E-state index in [4.69, 9.17) is 0 Å². The van der Waals surface area contributed by atoms with Crippen molar-refractivity contribution in [2.45, 2.75) is 90.9 Å². The number of benzene rings is 4. The third-order valence-corrected chi connectivity index (χ3v) is 9.01. The van der Waals surface area contributed by atoms with Crippen molar-refractivity contribution in [3.63, 3.8) is 0 Å². The van der Waals surface area contributed by atoms with E-state index in [1.54, 1.807) is 0 Å². The molecule has 2 aliphatic rings. The van der Waals surface area contributed by atoms with Gasteiger partial charge in [-0.1, -0.05) is 162 Å². The molecular weight excluding hydrogens is 679 g/mol. The van der Waals surface area contributed by atoms with Crippen LogP contribution in [0.15, 0.2) is 96.6 Å². The molecule has 0 saturated carbocycles. The third kappa shape index (κ3) is 7.75. The number of halogens is 2. The van der Waals surface area contributed by atoms with Gasteiger partial charge in [-0.25, -0.2) is 0 Å². The van der Waals surface area contributed by atoms with E-state index >= 15 is 0 Å². The van der Waals surface area contributed by atoms with Crippen molar-refractivity contribution in [3.05, 3.63) is 138 Å². The molecule has 6 rings (SSSR count). The van der Waals surface area contributed by atoms with Gasteiger partial charge in [0.25, 0.3) is 0 Å². The zero-order valence-electron chi connectivity index (χ0n) is 28.8. The second-order valence-electron chi connectivity index (χ2n) is 14.3. The Balaban J connectivity index is 0.00000184. The minimum absolute atomic E-state index is 0. The molecule has 0 spiro atoms. The van der Waals surface area contributed by atoms with Gasteiger partial charge in [0.05, 0.1) is 0 Å². The van der Waals surface area contributed by atoms with Crippen LogP contribution in [0.5, 0.6) is 0 Å². The van der Waals surface area contributed by atoms with Crippen LogP contribution in [0.1, 0.15) is 101 Å². The molecular formula is C43H48Cl2Zr. The fourth-order valence-electron chi connectivity index (χ4n) is 7.07. The van der Waals surface area contributed by atoms with Crippen molar-refractivity contribution in [2.24, 2.45) is 0 Å². The number of allylic oxidation sites excluding steroid dienone is 4. The SMILES string of the molecule is CCCCC1=CC(c2c3c(cc(-c4ccccc4)c2C(C)(C)C)Cc2[c-]c(-c4ccccc4)c(C(C)(C)C)cc2-3)C=C1.[CH3-].[Cl-].[Cl-].[Zr+4]. The Morgan fingerprint density at radius 2 is 1.39 bits per heavy atom. The van der Waals surface area contributed by atoms with Crippen molar-refractivity contribution < 1.29 is 51.0 Å². The predicted molar refractivity (Wildman–Crippen MR) is 188 cm³/mol. The number of hydrogen-bond donors (Lipinski definition) is 0. The normalized spacial score (nSPS) is 14.6. The van der Waals surface area contributed by atoms with Gasteiger partial charge in [-0.2, -0.15) is 0 Å². The number of fused-ring (bicyclic) bond motifs is 3. The Morgan fingerprint density at radius 1 is 0.783 bits per heavy atom. The topological polar surface area (TPSA) is 0 Å². The van der Waals surface area contributed by atoms with Crippen LogP contribution in [0, 0.1) is 13.5 Å². The van der Waals surface area contributed by atoms with Gasteiger partial charge < -0.3 is 32.2 Å². The van der Waals surface area contributed by atoms with Crippen molar-refractivity contribution >= 4 is 0 Å². The predicted octanol–water partition coefficient (Wildman–Crippen LogP) is 6.21. The van der Waals surface area contributed by atoms with E-state index < -0.39 is 0 Å². The van der Waals surface area contributed by atoms with Crippen molar-refractivity contribution in [1.29, 1.82) is 0 Å². The number of unbranched alkanes of at least 4 members (excludes halogenated alkanes) is 1. The van der Waals surface area contributed by atoms with E-state index in [1.807, 2.05) is 0 Å². The molecule has 1 atom stereocenters. The van der Waals surface area contributed by atoms with Crippen LogP contribution in [0.25, 0.3) is 33.4 Å². The summed E-state index contributed by atoms with van der Waals surface area (Å²) in [6.45, 7) is 16.5. The molecule has 238 valence electrons. The van der Waals surface area contributed by atoms with Gasteiger partial charge in [-0.05, 0) is 57.9 Å². The minimum Gasteiger partial charge on any atom is -1.00 e.